The highest BCUT2D eigenvalue weighted by molar-refractivity contribution is 4.75. The summed E-state index contributed by atoms with van der Waals surface area (Å²) in [6.07, 6.45) is 5.47. The summed E-state index contributed by atoms with van der Waals surface area (Å²) in [6.45, 7) is 3.81. The maximum absolute atomic E-state index is 9.49. The molecule has 1 aliphatic rings. The highest BCUT2D eigenvalue weighted by Gasteiger charge is 2.24. The average molecular weight is 172 g/mol. The molecule has 1 rings (SSSR count). The van der Waals surface area contributed by atoms with Gasteiger partial charge < -0.3 is 9.84 Å². The van der Waals surface area contributed by atoms with E-state index < -0.39 is 0 Å². The van der Waals surface area contributed by atoms with Crippen molar-refractivity contribution in [3.05, 3.63) is 0 Å². The largest absolute Gasteiger partial charge is 0.393 e. The van der Waals surface area contributed by atoms with Gasteiger partial charge in [-0.25, -0.2) is 0 Å². The molecule has 1 fully saturated rings. The lowest BCUT2D eigenvalue weighted by molar-refractivity contribution is 0.0814. The SMILES string of the molecule is CCCOCCC1CCCC1O. The van der Waals surface area contributed by atoms with E-state index in [9.17, 15) is 5.11 Å². The fraction of sp³-hybridized carbons (Fsp3) is 1.00. The Morgan fingerprint density at radius 2 is 2.17 bits per heavy atom. The van der Waals surface area contributed by atoms with Gasteiger partial charge >= 0.3 is 0 Å². The van der Waals surface area contributed by atoms with Crippen LogP contribution in [0.15, 0.2) is 0 Å². The summed E-state index contributed by atoms with van der Waals surface area (Å²) in [7, 11) is 0. The number of hydrogen-bond donors (Lipinski definition) is 1. The van der Waals surface area contributed by atoms with E-state index in [1.54, 1.807) is 0 Å². The maximum atomic E-state index is 9.49. The van der Waals surface area contributed by atoms with E-state index in [0.29, 0.717) is 5.92 Å². The predicted molar refractivity (Wildman–Crippen MR) is 49.1 cm³/mol. The summed E-state index contributed by atoms with van der Waals surface area (Å²) < 4.78 is 5.38. The first kappa shape index (κ1) is 10.0. The summed E-state index contributed by atoms with van der Waals surface area (Å²) in [5.74, 6) is 0.516. The third kappa shape index (κ3) is 3.11. The van der Waals surface area contributed by atoms with Gasteiger partial charge in [0.1, 0.15) is 0 Å². The van der Waals surface area contributed by atoms with Crippen molar-refractivity contribution in [3.63, 3.8) is 0 Å². The lowest BCUT2D eigenvalue weighted by atomic mass is 10.0. The van der Waals surface area contributed by atoms with Crippen LogP contribution in [0.1, 0.15) is 39.0 Å². The third-order valence-corrected chi connectivity index (χ3v) is 2.60. The molecule has 0 amide bonds. The van der Waals surface area contributed by atoms with Gasteiger partial charge in [0.05, 0.1) is 6.10 Å². The van der Waals surface area contributed by atoms with Crippen molar-refractivity contribution < 1.29 is 9.84 Å². The van der Waals surface area contributed by atoms with Crippen molar-refractivity contribution in [3.8, 4) is 0 Å². The zero-order chi connectivity index (χ0) is 8.81. The number of aliphatic hydroxyl groups excluding tert-OH is 1. The quantitative estimate of drug-likeness (QED) is 0.642. The molecule has 2 heteroatoms. The smallest absolute Gasteiger partial charge is 0.0569 e. The van der Waals surface area contributed by atoms with Crippen LogP contribution >= 0.6 is 0 Å². The van der Waals surface area contributed by atoms with Crippen LogP contribution in [0.3, 0.4) is 0 Å². The van der Waals surface area contributed by atoms with E-state index in [0.717, 1.165) is 32.5 Å². The molecule has 1 aliphatic carbocycles. The summed E-state index contributed by atoms with van der Waals surface area (Å²) in [5, 5.41) is 9.49. The Bertz CT molecular complexity index is 114. The summed E-state index contributed by atoms with van der Waals surface area (Å²) in [6, 6.07) is 0. The van der Waals surface area contributed by atoms with Crippen LogP contribution in [-0.4, -0.2) is 24.4 Å². The third-order valence-electron chi connectivity index (χ3n) is 2.60. The Morgan fingerprint density at radius 1 is 1.33 bits per heavy atom. The first-order valence-electron chi connectivity index (χ1n) is 5.10. The molecule has 1 N–H and O–H groups in total. The average Bonchev–Trinajstić information content (AvgIpc) is 2.46. The van der Waals surface area contributed by atoms with Gasteiger partial charge in [0.15, 0.2) is 0 Å². The second kappa shape index (κ2) is 5.55. The number of hydrogen-bond acceptors (Lipinski definition) is 2. The normalized spacial score (nSPS) is 29.5. The number of rotatable bonds is 5. The van der Waals surface area contributed by atoms with Gasteiger partial charge in [-0.15, -0.1) is 0 Å². The Balaban J connectivity index is 1.98. The van der Waals surface area contributed by atoms with Crippen LogP contribution in [0.2, 0.25) is 0 Å². The van der Waals surface area contributed by atoms with Crippen molar-refractivity contribution in [2.75, 3.05) is 13.2 Å². The van der Waals surface area contributed by atoms with Crippen molar-refractivity contribution in [2.45, 2.75) is 45.1 Å². The maximum Gasteiger partial charge on any atom is 0.0569 e. The molecule has 0 spiro atoms. The van der Waals surface area contributed by atoms with Crippen LogP contribution in [0.4, 0.5) is 0 Å². The molecule has 0 saturated heterocycles. The van der Waals surface area contributed by atoms with E-state index in [4.69, 9.17) is 4.74 Å². The van der Waals surface area contributed by atoms with E-state index in [2.05, 4.69) is 6.92 Å². The molecule has 0 aromatic carbocycles. The molecule has 0 aromatic rings. The number of aliphatic hydroxyl groups is 1. The topological polar surface area (TPSA) is 29.5 Å². The van der Waals surface area contributed by atoms with Crippen LogP contribution in [0.25, 0.3) is 0 Å². The molecule has 2 atom stereocenters. The Kier molecular flexibility index (Phi) is 4.62. The molecule has 0 aromatic heterocycles. The fourth-order valence-corrected chi connectivity index (χ4v) is 1.84. The Hall–Kier alpha value is -0.0800. The van der Waals surface area contributed by atoms with Crippen molar-refractivity contribution in [1.82, 2.24) is 0 Å². The standard InChI is InChI=1S/C10H20O2/c1-2-7-12-8-6-9-4-3-5-10(9)11/h9-11H,2-8H2,1H3. The fourth-order valence-electron chi connectivity index (χ4n) is 1.84. The molecule has 2 unspecified atom stereocenters. The zero-order valence-electron chi connectivity index (χ0n) is 7.96. The molecule has 0 bridgehead atoms. The monoisotopic (exact) mass is 172 g/mol. The minimum Gasteiger partial charge on any atom is -0.393 e. The van der Waals surface area contributed by atoms with E-state index in [-0.39, 0.29) is 6.10 Å². The van der Waals surface area contributed by atoms with Gasteiger partial charge in [-0.3, -0.25) is 0 Å². The molecule has 2 nitrogen and oxygen atoms in total. The first-order chi connectivity index (χ1) is 5.84. The molecular weight excluding hydrogens is 152 g/mol. The van der Waals surface area contributed by atoms with Crippen molar-refractivity contribution in [2.24, 2.45) is 5.92 Å². The molecular formula is C10H20O2. The van der Waals surface area contributed by atoms with Crippen molar-refractivity contribution >= 4 is 0 Å². The minimum atomic E-state index is -0.0461. The van der Waals surface area contributed by atoms with Crippen molar-refractivity contribution in [1.29, 1.82) is 0 Å². The molecule has 12 heavy (non-hydrogen) atoms. The second-order valence-electron chi connectivity index (χ2n) is 3.66. The summed E-state index contributed by atoms with van der Waals surface area (Å²) in [4.78, 5) is 0. The molecule has 72 valence electrons. The minimum absolute atomic E-state index is 0.0461. The van der Waals surface area contributed by atoms with Crippen LogP contribution in [0.5, 0.6) is 0 Å². The van der Waals surface area contributed by atoms with Crippen LogP contribution < -0.4 is 0 Å². The van der Waals surface area contributed by atoms with E-state index in [1.807, 2.05) is 0 Å². The Labute approximate surface area is 74.9 Å². The van der Waals surface area contributed by atoms with Gasteiger partial charge in [0.2, 0.25) is 0 Å². The Morgan fingerprint density at radius 3 is 2.75 bits per heavy atom. The second-order valence-corrected chi connectivity index (χ2v) is 3.66. The zero-order valence-corrected chi connectivity index (χ0v) is 7.96. The molecule has 0 aliphatic heterocycles. The summed E-state index contributed by atoms with van der Waals surface area (Å²) in [5.41, 5.74) is 0. The van der Waals surface area contributed by atoms with Gasteiger partial charge in [-0.2, -0.15) is 0 Å². The predicted octanol–water partition coefficient (Wildman–Crippen LogP) is 1.96. The lowest BCUT2D eigenvalue weighted by Crippen LogP contribution is -2.15. The van der Waals surface area contributed by atoms with Gasteiger partial charge in [-0.05, 0) is 31.6 Å². The molecule has 0 radical (unpaired) electrons. The van der Waals surface area contributed by atoms with Gasteiger partial charge in [0.25, 0.3) is 0 Å². The van der Waals surface area contributed by atoms with Gasteiger partial charge in [-0.1, -0.05) is 13.3 Å². The molecule has 0 heterocycles. The van der Waals surface area contributed by atoms with Crippen LogP contribution in [-0.2, 0) is 4.74 Å². The van der Waals surface area contributed by atoms with E-state index in [1.165, 1.54) is 12.8 Å². The van der Waals surface area contributed by atoms with E-state index >= 15 is 0 Å². The van der Waals surface area contributed by atoms with Crippen LogP contribution in [0, 0.1) is 5.92 Å². The summed E-state index contributed by atoms with van der Waals surface area (Å²) >= 11 is 0. The number of ether oxygens (including phenoxy) is 1. The highest BCUT2D eigenvalue weighted by atomic mass is 16.5. The lowest BCUT2D eigenvalue weighted by Gasteiger charge is -2.13. The first-order valence-corrected chi connectivity index (χ1v) is 5.10. The van der Waals surface area contributed by atoms with Gasteiger partial charge in [0, 0.05) is 13.2 Å². The molecule has 1 saturated carbocycles. The highest BCUT2D eigenvalue weighted by Crippen LogP contribution is 2.27.